The van der Waals surface area contributed by atoms with Crippen LogP contribution in [0.25, 0.3) is 0 Å². The summed E-state index contributed by atoms with van der Waals surface area (Å²) in [6, 6.07) is 0.266. The number of sulfone groups is 1. The van der Waals surface area contributed by atoms with Crippen molar-refractivity contribution in [3.8, 4) is 0 Å². The summed E-state index contributed by atoms with van der Waals surface area (Å²) in [6.45, 7) is 7.85. The molecule has 2 fully saturated rings. The summed E-state index contributed by atoms with van der Waals surface area (Å²) in [5.41, 5.74) is 2.43. The summed E-state index contributed by atoms with van der Waals surface area (Å²) in [6.07, 6.45) is 3.02. The second-order valence-electron chi connectivity index (χ2n) is 6.64. The minimum atomic E-state index is -2.90. The van der Waals surface area contributed by atoms with E-state index in [0.717, 1.165) is 32.6 Å². The molecule has 2 atom stereocenters. The lowest BCUT2D eigenvalue weighted by atomic mass is 10.0. The molecule has 22 heavy (non-hydrogen) atoms. The van der Waals surface area contributed by atoms with Crippen LogP contribution in [0.5, 0.6) is 0 Å². The van der Waals surface area contributed by atoms with Gasteiger partial charge < -0.3 is 0 Å². The van der Waals surface area contributed by atoms with E-state index in [0.29, 0.717) is 11.5 Å². The summed E-state index contributed by atoms with van der Waals surface area (Å²) in [4.78, 5) is 4.55. The molecule has 2 saturated heterocycles. The van der Waals surface area contributed by atoms with E-state index < -0.39 is 9.84 Å². The van der Waals surface area contributed by atoms with Crippen molar-refractivity contribution in [1.29, 1.82) is 0 Å². The molecule has 6 nitrogen and oxygen atoms in total. The van der Waals surface area contributed by atoms with E-state index in [-0.39, 0.29) is 12.1 Å². The largest absolute Gasteiger partial charge is 0.300 e. The van der Waals surface area contributed by atoms with Gasteiger partial charge in [-0.3, -0.25) is 14.5 Å². The van der Waals surface area contributed by atoms with Crippen molar-refractivity contribution < 1.29 is 8.42 Å². The lowest BCUT2D eigenvalue weighted by Gasteiger charge is -2.42. The smallest absolute Gasteiger partial charge is 0.153 e. The van der Waals surface area contributed by atoms with E-state index in [4.69, 9.17) is 0 Å². The molecule has 3 heterocycles. The molecular weight excluding hydrogens is 300 g/mol. The number of nitrogens with zero attached hydrogens (tertiary/aromatic N) is 4. The molecule has 0 N–H and O–H groups in total. The number of piperazine rings is 1. The molecule has 0 saturated carbocycles. The van der Waals surface area contributed by atoms with Crippen LogP contribution in [0.15, 0.2) is 6.20 Å². The number of hydrogen-bond acceptors (Lipinski definition) is 5. The first-order valence-electron chi connectivity index (χ1n) is 8.07. The molecule has 0 bridgehead atoms. The van der Waals surface area contributed by atoms with Crippen LogP contribution < -0.4 is 0 Å². The normalized spacial score (nSPS) is 28.9. The maximum atomic E-state index is 12.0. The molecule has 1 aromatic rings. The first kappa shape index (κ1) is 16.0. The molecular formula is C15H26N4O2S. The van der Waals surface area contributed by atoms with Crippen LogP contribution in [0.3, 0.4) is 0 Å². The zero-order valence-electron chi connectivity index (χ0n) is 13.7. The summed E-state index contributed by atoms with van der Waals surface area (Å²) >= 11 is 0. The highest BCUT2D eigenvalue weighted by atomic mass is 32.2. The third-order valence-corrected chi connectivity index (χ3v) is 6.78. The molecule has 2 aliphatic rings. The molecule has 0 unspecified atom stereocenters. The summed E-state index contributed by atoms with van der Waals surface area (Å²) in [7, 11) is -0.863. The molecule has 0 amide bonds. The number of fused-ring (bicyclic) bond motifs is 1. The van der Waals surface area contributed by atoms with Crippen LogP contribution in [-0.2, 0) is 22.9 Å². The maximum Gasteiger partial charge on any atom is 0.153 e. The Morgan fingerprint density at radius 3 is 2.73 bits per heavy atom. The van der Waals surface area contributed by atoms with Gasteiger partial charge in [-0.2, -0.15) is 5.10 Å². The fourth-order valence-corrected chi connectivity index (χ4v) is 5.78. The van der Waals surface area contributed by atoms with Gasteiger partial charge in [-0.25, -0.2) is 8.42 Å². The van der Waals surface area contributed by atoms with Crippen molar-refractivity contribution in [2.75, 3.05) is 31.6 Å². The quantitative estimate of drug-likeness (QED) is 0.807. The van der Waals surface area contributed by atoms with E-state index in [2.05, 4.69) is 28.7 Å². The van der Waals surface area contributed by atoms with Gasteiger partial charge in [-0.1, -0.05) is 6.92 Å². The Morgan fingerprint density at radius 2 is 2.00 bits per heavy atom. The predicted molar refractivity (Wildman–Crippen MR) is 86.5 cm³/mol. The highest BCUT2D eigenvalue weighted by Crippen LogP contribution is 2.27. The van der Waals surface area contributed by atoms with Crippen LogP contribution in [0.2, 0.25) is 0 Å². The maximum absolute atomic E-state index is 12.0. The van der Waals surface area contributed by atoms with Crippen LogP contribution in [0, 0.1) is 6.92 Å². The molecule has 0 aliphatic carbocycles. The third-order valence-electron chi connectivity index (χ3n) is 5.08. The molecule has 124 valence electrons. The van der Waals surface area contributed by atoms with Crippen molar-refractivity contribution in [1.82, 2.24) is 19.6 Å². The van der Waals surface area contributed by atoms with Crippen molar-refractivity contribution in [2.24, 2.45) is 0 Å². The van der Waals surface area contributed by atoms with Gasteiger partial charge in [0.1, 0.15) is 0 Å². The van der Waals surface area contributed by atoms with Crippen molar-refractivity contribution >= 4 is 9.84 Å². The van der Waals surface area contributed by atoms with Crippen LogP contribution in [-0.4, -0.2) is 71.7 Å². The first-order valence-corrected chi connectivity index (χ1v) is 9.89. The highest BCUT2D eigenvalue weighted by Gasteiger charge is 2.45. The molecule has 2 aliphatic heterocycles. The number of hydrogen-bond donors (Lipinski definition) is 0. The van der Waals surface area contributed by atoms with Gasteiger partial charge >= 0.3 is 0 Å². The molecule has 1 aromatic heterocycles. The number of likely N-dealkylation sites (N-methyl/N-ethyl adjacent to an activating group) is 1. The molecule has 0 spiro atoms. The van der Waals surface area contributed by atoms with Gasteiger partial charge in [0.05, 0.1) is 17.7 Å². The van der Waals surface area contributed by atoms with Crippen LogP contribution in [0.4, 0.5) is 0 Å². The molecule has 0 aromatic carbocycles. The summed E-state index contributed by atoms with van der Waals surface area (Å²) in [5.74, 6) is 0.600. The third kappa shape index (κ3) is 2.94. The fraction of sp³-hybridized carbons (Fsp3) is 0.800. The Morgan fingerprint density at radius 1 is 1.27 bits per heavy atom. The topological polar surface area (TPSA) is 58.4 Å². The highest BCUT2D eigenvalue weighted by molar-refractivity contribution is 7.91. The summed E-state index contributed by atoms with van der Waals surface area (Å²) < 4.78 is 26.1. The standard InChI is InChI=1S/C15H26N4O2S/c1-4-5-19-12(2)13(8-16-19)9-18-7-6-17(3)14-10-22(20,21)11-15(14)18/h8,14-15H,4-7,9-11H2,1-3H3/t14-,15+/m0/s1. The van der Waals surface area contributed by atoms with Gasteiger partial charge in [0.2, 0.25) is 0 Å². The Hall–Kier alpha value is -0.920. The van der Waals surface area contributed by atoms with E-state index in [1.54, 1.807) is 0 Å². The Kier molecular flexibility index (Phi) is 4.31. The van der Waals surface area contributed by atoms with Gasteiger partial charge in [0.25, 0.3) is 0 Å². The Labute approximate surface area is 133 Å². The monoisotopic (exact) mass is 326 g/mol. The second kappa shape index (κ2) is 5.94. The van der Waals surface area contributed by atoms with E-state index in [1.807, 2.05) is 17.9 Å². The zero-order chi connectivity index (χ0) is 15.9. The second-order valence-corrected chi connectivity index (χ2v) is 8.79. The molecule has 7 heteroatoms. The number of aromatic nitrogens is 2. The van der Waals surface area contributed by atoms with Crippen LogP contribution in [0.1, 0.15) is 24.6 Å². The number of rotatable bonds is 4. The average Bonchev–Trinajstić information content (AvgIpc) is 2.96. The van der Waals surface area contributed by atoms with Crippen molar-refractivity contribution in [3.63, 3.8) is 0 Å². The minimum absolute atomic E-state index is 0.123. The Balaban J connectivity index is 1.78. The van der Waals surface area contributed by atoms with Crippen molar-refractivity contribution in [3.05, 3.63) is 17.5 Å². The van der Waals surface area contributed by atoms with Gasteiger partial charge in [0, 0.05) is 49.5 Å². The predicted octanol–water partition coefficient (Wildman–Crippen LogP) is 0.515. The van der Waals surface area contributed by atoms with Crippen molar-refractivity contribution in [2.45, 2.75) is 45.4 Å². The zero-order valence-corrected chi connectivity index (χ0v) is 14.5. The van der Waals surface area contributed by atoms with E-state index in [1.165, 1.54) is 11.3 Å². The summed E-state index contributed by atoms with van der Waals surface area (Å²) in [5, 5.41) is 4.46. The fourth-order valence-electron chi connectivity index (χ4n) is 3.69. The average molecular weight is 326 g/mol. The first-order chi connectivity index (χ1) is 10.4. The minimum Gasteiger partial charge on any atom is -0.300 e. The van der Waals surface area contributed by atoms with Crippen LogP contribution >= 0.6 is 0 Å². The SMILES string of the molecule is CCCn1ncc(CN2CCN(C)[C@H]3CS(=O)(=O)C[C@H]32)c1C. The van der Waals surface area contributed by atoms with Gasteiger partial charge in [-0.15, -0.1) is 0 Å². The molecule has 3 rings (SSSR count). The van der Waals surface area contributed by atoms with Gasteiger partial charge in [-0.05, 0) is 20.4 Å². The lowest BCUT2D eigenvalue weighted by Crippen LogP contribution is -2.57. The van der Waals surface area contributed by atoms with E-state index in [9.17, 15) is 8.42 Å². The van der Waals surface area contributed by atoms with E-state index >= 15 is 0 Å². The van der Waals surface area contributed by atoms with Gasteiger partial charge in [0.15, 0.2) is 9.84 Å². The molecule has 0 radical (unpaired) electrons. The number of aryl methyl sites for hydroxylation is 1. The lowest BCUT2D eigenvalue weighted by molar-refractivity contribution is 0.0571. The Bertz CT molecular complexity index is 640.